The number of halogens is 3. The maximum Gasteiger partial charge on any atom is 0.387 e. The highest BCUT2D eigenvalue weighted by atomic mass is 19.3. The van der Waals surface area contributed by atoms with Crippen molar-refractivity contribution in [1.82, 2.24) is 0 Å². The van der Waals surface area contributed by atoms with E-state index in [0.29, 0.717) is 6.07 Å². The predicted octanol–water partition coefficient (Wildman–Crippen LogP) is 2.72. The molecule has 0 aromatic heterocycles. The van der Waals surface area contributed by atoms with Crippen LogP contribution in [0.1, 0.15) is 13.8 Å². The molecule has 1 fully saturated rings. The molecule has 0 aliphatic heterocycles. The number of alkyl halides is 2. The maximum atomic E-state index is 13.7. The van der Waals surface area contributed by atoms with Gasteiger partial charge in [0.05, 0.1) is 17.5 Å². The molecule has 2 atom stereocenters. The number of aliphatic carboxylic acids is 1. The van der Waals surface area contributed by atoms with Gasteiger partial charge >= 0.3 is 12.6 Å². The number of rotatable bonds is 5. The Morgan fingerprint density at radius 1 is 1.32 bits per heavy atom. The summed E-state index contributed by atoms with van der Waals surface area (Å²) in [7, 11) is 0. The van der Waals surface area contributed by atoms with Gasteiger partial charge in [-0.3, -0.25) is 9.59 Å². The van der Waals surface area contributed by atoms with Gasteiger partial charge in [-0.1, -0.05) is 13.8 Å². The summed E-state index contributed by atoms with van der Waals surface area (Å²) in [6.07, 6.45) is 0. The third-order valence-corrected chi connectivity index (χ3v) is 3.80. The van der Waals surface area contributed by atoms with Crippen LogP contribution in [-0.4, -0.2) is 23.6 Å². The van der Waals surface area contributed by atoms with Gasteiger partial charge in [0.2, 0.25) is 5.91 Å². The van der Waals surface area contributed by atoms with E-state index >= 15 is 0 Å². The number of carbonyl (C=O) groups is 2. The van der Waals surface area contributed by atoms with Crippen LogP contribution in [0.3, 0.4) is 0 Å². The van der Waals surface area contributed by atoms with Crippen LogP contribution in [0.25, 0.3) is 0 Å². The zero-order valence-corrected chi connectivity index (χ0v) is 11.8. The lowest BCUT2D eigenvalue weighted by Crippen LogP contribution is -2.18. The minimum Gasteiger partial charge on any atom is -0.481 e. The second-order valence-corrected chi connectivity index (χ2v) is 5.62. The van der Waals surface area contributed by atoms with Crippen molar-refractivity contribution < 1.29 is 32.6 Å². The van der Waals surface area contributed by atoms with Crippen LogP contribution >= 0.6 is 0 Å². The number of anilines is 1. The molecule has 0 bridgehead atoms. The van der Waals surface area contributed by atoms with Gasteiger partial charge in [-0.15, -0.1) is 0 Å². The Balaban J connectivity index is 2.08. The van der Waals surface area contributed by atoms with Gasteiger partial charge in [0.25, 0.3) is 0 Å². The summed E-state index contributed by atoms with van der Waals surface area (Å²) in [6, 6.07) is 2.88. The van der Waals surface area contributed by atoms with E-state index in [1.807, 2.05) is 0 Å². The largest absolute Gasteiger partial charge is 0.481 e. The van der Waals surface area contributed by atoms with E-state index in [9.17, 15) is 22.8 Å². The average Bonchev–Trinajstić information content (AvgIpc) is 2.95. The smallest absolute Gasteiger partial charge is 0.387 e. The van der Waals surface area contributed by atoms with E-state index in [0.717, 1.165) is 12.1 Å². The second kappa shape index (κ2) is 5.51. The summed E-state index contributed by atoms with van der Waals surface area (Å²) in [5.74, 6) is -4.65. The van der Waals surface area contributed by atoms with Gasteiger partial charge in [0, 0.05) is 6.07 Å². The minimum atomic E-state index is -3.08. The summed E-state index contributed by atoms with van der Waals surface area (Å²) in [6.45, 7) is 0.182. The number of carbonyl (C=O) groups excluding carboxylic acids is 1. The van der Waals surface area contributed by atoms with E-state index in [2.05, 4.69) is 10.1 Å². The summed E-state index contributed by atoms with van der Waals surface area (Å²) in [5.41, 5.74) is -0.941. The minimum absolute atomic E-state index is 0.224. The molecule has 2 N–H and O–H groups in total. The fraction of sp³-hybridized carbons (Fsp3) is 0.429. The molecule has 120 valence electrons. The van der Waals surface area contributed by atoms with E-state index in [-0.39, 0.29) is 11.4 Å². The third kappa shape index (κ3) is 3.00. The molecular formula is C14H14F3NO4. The van der Waals surface area contributed by atoms with Crippen molar-refractivity contribution in [1.29, 1.82) is 0 Å². The zero-order valence-electron chi connectivity index (χ0n) is 11.8. The van der Waals surface area contributed by atoms with Crippen molar-refractivity contribution >= 4 is 17.6 Å². The van der Waals surface area contributed by atoms with E-state index in [4.69, 9.17) is 5.11 Å². The number of amides is 1. The number of carboxylic acid groups (broad SMARTS) is 1. The van der Waals surface area contributed by atoms with Crippen molar-refractivity contribution in [2.45, 2.75) is 20.5 Å². The Labute approximate surface area is 124 Å². The molecule has 22 heavy (non-hydrogen) atoms. The number of hydrogen-bond acceptors (Lipinski definition) is 3. The lowest BCUT2D eigenvalue weighted by Gasteiger charge is -2.09. The SMILES string of the molecule is CC1(C)[C@H](C(=O)O)[C@@H]1C(=O)Nc1ccc(OC(F)F)cc1F. The molecule has 0 spiro atoms. The van der Waals surface area contributed by atoms with Crippen molar-refractivity contribution in [3.63, 3.8) is 0 Å². The molecule has 1 aliphatic carbocycles. The summed E-state index contributed by atoms with van der Waals surface area (Å²) in [5, 5.41) is 11.3. The summed E-state index contributed by atoms with van der Waals surface area (Å²) >= 11 is 0. The van der Waals surface area contributed by atoms with Gasteiger partial charge in [0.1, 0.15) is 11.6 Å². The third-order valence-electron chi connectivity index (χ3n) is 3.80. The quantitative estimate of drug-likeness (QED) is 0.875. The molecule has 0 saturated heterocycles. The Kier molecular flexibility index (Phi) is 4.04. The Morgan fingerprint density at radius 2 is 1.95 bits per heavy atom. The lowest BCUT2D eigenvalue weighted by atomic mass is 10.1. The lowest BCUT2D eigenvalue weighted by molar-refractivity contribution is -0.140. The molecule has 1 aliphatic rings. The maximum absolute atomic E-state index is 13.7. The molecule has 1 amide bonds. The fourth-order valence-electron chi connectivity index (χ4n) is 2.57. The fourth-order valence-corrected chi connectivity index (χ4v) is 2.57. The van der Waals surface area contributed by atoms with Gasteiger partial charge < -0.3 is 15.2 Å². The molecule has 5 nitrogen and oxygen atoms in total. The summed E-state index contributed by atoms with van der Waals surface area (Å²) in [4.78, 5) is 23.0. The van der Waals surface area contributed by atoms with Crippen LogP contribution in [0.5, 0.6) is 5.75 Å². The Bertz CT molecular complexity index is 618. The van der Waals surface area contributed by atoms with Gasteiger partial charge in [-0.2, -0.15) is 8.78 Å². The van der Waals surface area contributed by atoms with Crippen molar-refractivity contribution in [3.05, 3.63) is 24.0 Å². The number of benzene rings is 1. The number of nitrogens with one attached hydrogen (secondary N) is 1. The molecule has 1 aromatic rings. The molecule has 0 unspecified atom stereocenters. The molecule has 0 radical (unpaired) electrons. The molecule has 2 rings (SSSR count). The number of carboxylic acids is 1. The topological polar surface area (TPSA) is 75.6 Å². The highest BCUT2D eigenvalue weighted by Crippen LogP contribution is 2.58. The van der Waals surface area contributed by atoms with Gasteiger partial charge in [0.15, 0.2) is 0 Å². The van der Waals surface area contributed by atoms with Crippen LogP contribution in [0.2, 0.25) is 0 Å². The van der Waals surface area contributed by atoms with Crippen molar-refractivity contribution in [3.8, 4) is 5.75 Å². The Morgan fingerprint density at radius 3 is 2.41 bits per heavy atom. The highest BCUT2D eigenvalue weighted by Gasteiger charge is 2.65. The van der Waals surface area contributed by atoms with Crippen LogP contribution < -0.4 is 10.1 Å². The van der Waals surface area contributed by atoms with E-state index < -0.39 is 41.6 Å². The van der Waals surface area contributed by atoms with Crippen LogP contribution in [-0.2, 0) is 9.59 Å². The highest BCUT2D eigenvalue weighted by molar-refractivity contribution is 5.99. The molecule has 8 heteroatoms. The average molecular weight is 317 g/mol. The first kappa shape index (κ1) is 16.1. The van der Waals surface area contributed by atoms with E-state index in [1.165, 1.54) is 0 Å². The first-order chi connectivity index (χ1) is 10.1. The first-order valence-electron chi connectivity index (χ1n) is 6.42. The van der Waals surface area contributed by atoms with Gasteiger partial charge in [-0.05, 0) is 17.5 Å². The van der Waals surface area contributed by atoms with E-state index in [1.54, 1.807) is 13.8 Å². The molecule has 1 saturated carbocycles. The molecular weight excluding hydrogens is 303 g/mol. The molecule has 1 aromatic carbocycles. The molecule has 0 heterocycles. The summed E-state index contributed by atoms with van der Waals surface area (Å²) < 4.78 is 41.8. The predicted molar refractivity (Wildman–Crippen MR) is 70.1 cm³/mol. The zero-order chi connectivity index (χ0) is 16.7. The van der Waals surface area contributed by atoms with Crippen LogP contribution in [0, 0.1) is 23.1 Å². The van der Waals surface area contributed by atoms with Crippen LogP contribution in [0.4, 0.5) is 18.9 Å². The number of hydrogen-bond donors (Lipinski definition) is 2. The normalized spacial score (nSPS) is 22.3. The number of ether oxygens (including phenoxy) is 1. The van der Waals surface area contributed by atoms with Crippen molar-refractivity contribution in [2.24, 2.45) is 17.3 Å². The second-order valence-electron chi connectivity index (χ2n) is 5.62. The Hall–Kier alpha value is -2.25. The first-order valence-corrected chi connectivity index (χ1v) is 6.42. The van der Waals surface area contributed by atoms with Crippen molar-refractivity contribution in [2.75, 3.05) is 5.32 Å². The monoisotopic (exact) mass is 317 g/mol. The van der Waals surface area contributed by atoms with Gasteiger partial charge in [-0.25, -0.2) is 4.39 Å². The standard InChI is InChI=1S/C14H14F3NO4/c1-14(2)9(10(14)12(20)21)11(19)18-8-4-3-6(5-7(8)15)22-13(16)17/h3-5,9-10,13H,1-2H3,(H,18,19)(H,20,21)/t9-,10+/m1/s1. The van der Waals surface area contributed by atoms with Crippen LogP contribution in [0.15, 0.2) is 18.2 Å².